The lowest BCUT2D eigenvalue weighted by Gasteiger charge is -2.24. The molecule has 2 heteroatoms. The highest BCUT2D eigenvalue weighted by molar-refractivity contribution is 5.84. The van der Waals surface area contributed by atoms with Gasteiger partial charge >= 0.3 is 0 Å². The van der Waals surface area contributed by atoms with Crippen molar-refractivity contribution in [2.75, 3.05) is 7.11 Å². The molecule has 0 aliphatic carbocycles. The smallest absolute Gasteiger partial charge is 0.131 e. The standard InChI is InChI=1S/C17H16O2/c1-12-10-16(13-6-4-3-5-7-13)15-9-8-14(18-2)11-17(15)19-12/h3-12H,1-2H3. The maximum absolute atomic E-state index is 5.87. The van der Waals surface area contributed by atoms with E-state index in [0.29, 0.717) is 0 Å². The fraction of sp³-hybridized carbons (Fsp3) is 0.176. The van der Waals surface area contributed by atoms with Crippen LogP contribution in [0.25, 0.3) is 5.57 Å². The van der Waals surface area contributed by atoms with Crippen molar-refractivity contribution in [3.8, 4) is 11.5 Å². The normalized spacial score (nSPS) is 17.2. The highest BCUT2D eigenvalue weighted by Crippen LogP contribution is 2.37. The summed E-state index contributed by atoms with van der Waals surface area (Å²) in [6.07, 6.45) is 2.22. The highest BCUT2D eigenvalue weighted by Gasteiger charge is 2.19. The Morgan fingerprint density at radius 2 is 1.84 bits per heavy atom. The lowest BCUT2D eigenvalue weighted by atomic mass is 9.94. The first-order valence-electron chi connectivity index (χ1n) is 6.40. The zero-order chi connectivity index (χ0) is 13.2. The Labute approximate surface area is 113 Å². The van der Waals surface area contributed by atoms with E-state index >= 15 is 0 Å². The maximum atomic E-state index is 5.87. The van der Waals surface area contributed by atoms with E-state index in [0.717, 1.165) is 17.1 Å². The number of methoxy groups -OCH3 is 1. The van der Waals surface area contributed by atoms with Crippen LogP contribution in [0.4, 0.5) is 0 Å². The van der Waals surface area contributed by atoms with E-state index in [1.54, 1.807) is 7.11 Å². The molecule has 0 saturated heterocycles. The topological polar surface area (TPSA) is 18.5 Å². The van der Waals surface area contributed by atoms with Gasteiger partial charge in [-0.3, -0.25) is 0 Å². The summed E-state index contributed by atoms with van der Waals surface area (Å²) in [7, 11) is 1.67. The number of hydrogen-bond donors (Lipinski definition) is 0. The van der Waals surface area contributed by atoms with Gasteiger partial charge in [-0.2, -0.15) is 0 Å². The second-order valence-corrected chi connectivity index (χ2v) is 4.63. The van der Waals surface area contributed by atoms with Gasteiger partial charge in [0.15, 0.2) is 0 Å². The predicted octanol–water partition coefficient (Wildman–Crippen LogP) is 3.91. The van der Waals surface area contributed by atoms with Gasteiger partial charge in [0.05, 0.1) is 7.11 Å². The molecule has 0 N–H and O–H groups in total. The van der Waals surface area contributed by atoms with Gasteiger partial charge in [0.1, 0.15) is 17.6 Å². The second-order valence-electron chi connectivity index (χ2n) is 4.63. The van der Waals surface area contributed by atoms with Gasteiger partial charge in [0.2, 0.25) is 0 Å². The minimum atomic E-state index is 0.0646. The van der Waals surface area contributed by atoms with Gasteiger partial charge in [0.25, 0.3) is 0 Å². The summed E-state index contributed by atoms with van der Waals surface area (Å²) in [6.45, 7) is 2.05. The van der Waals surface area contributed by atoms with Crippen molar-refractivity contribution in [2.45, 2.75) is 13.0 Å². The number of hydrogen-bond acceptors (Lipinski definition) is 2. The lowest BCUT2D eigenvalue weighted by Crippen LogP contribution is -2.15. The summed E-state index contributed by atoms with van der Waals surface area (Å²) in [4.78, 5) is 0. The Morgan fingerprint density at radius 3 is 2.58 bits per heavy atom. The van der Waals surface area contributed by atoms with E-state index in [1.165, 1.54) is 11.1 Å². The molecule has 19 heavy (non-hydrogen) atoms. The molecule has 0 radical (unpaired) electrons. The van der Waals surface area contributed by atoms with Gasteiger partial charge in [-0.15, -0.1) is 0 Å². The Bertz CT molecular complexity index is 614. The summed E-state index contributed by atoms with van der Waals surface area (Å²) in [5.74, 6) is 1.70. The van der Waals surface area contributed by atoms with Crippen molar-refractivity contribution in [3.63, 3.8) is 0 Å². The Hall–Kier alpha value is -2.22. The van der Waals surface area contributed by atoms with Crippen LogP contribution in [-0.4, -0.2) is 13.2 Å². The van der Waals surface area contributed by atoms with E-state index in [4.69, 9.17) is 9.47 Å². The van der Waals surface area contributed by atoms with Gasteiger partial charge in [-0.1, -0.05) is 30.3 Å². The van der Waals surface area contributed by atoms with Crippen LogP contribution in [-0.2, 0) is 0 Å². The molecule has 0 amide bonds. The zero-order valence-corrected chi connectivity index (χ0v) is 11.1. The molecule has 0 bridgehead atoms. The minimum Gasteiger partial charge on any atom is -0.497 e. The van der Waals surface area contributed by atoms with E-state index in [-0.39, 0.29) is 6.10 Å². The van der Waals surface area contributed by atoms with Crippen LogP contribution in [0.1, 0.15) is 18.1 Å². The average Bonchev–Trinajstić information content (AvgIpc) is 2.46. The summed E-state index contributed by atoms with van der Waals surface area (Å²) in [5.41, 5.74) is 3.55. The van der Waals surface area contributed by atoms with Crippen molar-refractivity contribution in [2.24, 2.45) is 0 Å². The first-order chi connectivity index (χ1) is 9.28. The molecule has 1 atom stereocenters. The third-order valence-electron chi connectivity index (χ3n) is 3.28. The first-order valence-corrected chi connectivity index (χ1v) is 6.40. The molecule has 1 aliphatic rings. The molecule has 2 aromatic carbocycles. The van der Waals surface area contributed by atoms with Crippen molar-refractivity contribution >= 4 is 5.57 Å². The summed E-state index contributed by atoms with van der Waals surface area (Å²) in [5, 5.41) is 0. The predicted molar refractivity (Wildman–Crippen MR) is 76.6 cm³/mol. The fourth-order valence-electron chi connectivity index (χ4n) is 2.38. The Kier molecular flexibility index (Phi) is 3.00. The van der Waals surface area contributed by atoms with Gasteiger partial charge in [-0.25, -0.2) is 0 Å². The van der Waals surface area contributed by atoms with E-state index in [2.05, 4.69) is 36.4 Å². The molecule has 0 fully saturated rings. The second kappa shape index (κ2) is 4.81. The molecular weight excluding hydrogens is 236 g/mol. The molecule has 0 spiro atoms. The number of ether oxygens (including phenoxy) is 2. The molecular formula is C17H16O2. The van der Waals surface area contributed by atoms with Crippen LogP contribution >= 0.6 is 0 Å². The molecule has 1 heterocycles. The maximum Gasteiger partial charge on any atom is 0.131 e. The fourth-order valence-corrected chi connectivity index (χ4v) is 2.38. The summed E-state index contributed by atoms with van der Waals surface area (Å²) >= 11 is 0. The van der Waals surface area contributed by atoms with E-state index < -0.39 is 0 Å². The largest absolute Gasteiger partial charge is 0.497 e. The van der Waals surface area contributed by atoms with Crippen LogP contribution in [0.5, 0.6) is 11.5 Å². The third kappa shape index (κ3) is 2.22. The van der Waals surface area contributed by atoms with Crippen LogP contribution < -0.4 is 9.47 Å². The van der Waals surface area contributed by atoms with E-state index in [9.17, 15) is 0 Å². The molecule has 2 aromatic rings. The van der Waals surface area contributed by atoms with E-state index in [1.807, 2.05) is 25.1 Å². The molecule has 3 rings (SSSR count). The third-order valence-corrected chi connectivity index (χ3v) is 3.28. The number of rotatable bonds is 2. The highest BCUT2D eigenvalue weighted by atomic mass is 16.5. The molecule has 0 aromatic heterocycles. The van der Waals surface area contributed by atoms with Gasteiger partial charge in [0, 0.05) is 11.6 Å². The van der Waals surface area contributed by atoms with Crippen LogP contribution in [0.15, 0.2) is 54.6 Å². The number of fused-ring (bicyclic) bond motifs is 1. The molecule has 1 aliphatic heterocycles. The average molecular weight is 252 g/mol. The lowest BCUT2D eigenvalue weighted by molar-refractivity contribution is 0.263. The van der Waals surface area contributed by atoms with Gasteiger partial charge in [-0.05, 0) is 36.3 Å². The Balaban J connectivity index is 2.12. The summed E-state index contributed by atoms with van der Waals surface area (Å²) < 4.78 is 11.1. The molecule has 1 unspecified atom stereocenters. The van der Waals surface area contributed by atoms with Crippen LogP contribution in [0, 0.1) is 0 Å². The van der Waals surface area contributed by atoms with Crippen molar-refractivity contribution in [1.82, 2.24) is 0 Å². The summed E-state index contributed by atoms with van der Waals surface area (Å²) in [6, 6.07) is 16.4. The van der Waals surface area contributed by atoms with Crippen molar-refractivity contribution in [3.05, 3.63) is 65.7 Å². The Morgan fingerprint density at radius 1 is 1.05 bits per heavy atom. The zero-order valence-electron chi connectivity index (χ0n) is 11.1. The first kappa shape index (κ1) is 11.8. The molecule has 2 nitrogen and oxygen atoms in total. The van der Waals surface area contributed by atoms with Gasteiger partial charge < -0.3 is 9.47 Å². The monoisotopic (exact) mass is 252 g/mol. The molecule has 0 saturated carbocycles. The SMILES string of the molecule is COc1ccc2c(c1)OC(C)C=C2c1ccccc1. The van der Waals surface area contributed by atoms with Crippen LogP contribution in [0.3, 0.4) is 0 Å². The quantitative estimate of drug-likeness (QED) is 0.806. The van der Waals surface area contributed by atoms with Crippen molar-refractivity contribution in [1.29, 1.82) is 0 Å². The number of benzene rings is 2. The molecule has 96 valence electrons. The van der Waals surface area contributed by atoms with Crippen LogP contribution in [0.2, 0.25) is 0 Å². The minimum absolute atomic E-state index is 0.0646. The van der Waals surface area contributed by atoms with Crippen molar-refractivity contribution < 1.29 is 9.47 Å².